The van der Waals surface area contributed by atoms with Gasteiger partial charge in [0.05, 0.1) is 0 Å². The molecule has 0 aromatic heterocycles. The van der Waals surface area contributed by atoms with Gasteiger partial charge in [-0.05, 0) is 30.0 Å². The Kier molecular flexibility index (Phi) is 5.95. The van der Waals surface area contributed by atoms with Crippen LogP contribution in [-0.2, 0) is 12.3 Å². The van der Waals surface area contributed by atoms with E-state index in [9.17, 15) is 0 Å². The zero-order valence-corrected chi connectivity index (χ0v) is 11.0. The van der Waals surface area contributed by atoms with E-state index in [-0.39, 0.29) is 0 Å². The van der Waals surface area contributed by atoms with Gasteiger partial charge < -0.3 is 0 Å². The number of hydrogen-bond acceptors (Lipinski definition) is 0. The van der Waals surface area contributed by atoms with Crippen molar-refractivity contribution in [3.05, 3.63) is 35.4 Å². The van der Waals surface area contributed by atoms with Gasteiger partial charge in [-0.1, -0.05) is 24.3 Å². The molecule has 0 atom stereocenters. The maximum atomic E-state index is 5.83. The monoisotopic (exact) mass is 265 g/mol. The molecular formula is C10H12Cl3Si. The van der Waals surface area contributed by atoms with Crippen LogP contribution in [0, 0.1) is 0 Å². The third-order valence-corrected chi connectivity index (χ3v) is 4.23. The SMILES string of the molecule is ClCc1ccccc1CCC[Si](Cl)Cl. The minimum atomic E-state index is -1.11. The molecule has 77 valence electrons. The minimum absolute atomic E-state index is 0.579. The Morgan fingerprint density at radius 1 is 1.07 bits per heavy atom. The van der Waals surface area contributed by atoms with Gasteiger partial charge in [-0.3, -0.25) is 0 Å². The molecule has 1 aromatic rings. The molecule has 0 fully saturated rings. The Labute approximate surface area is 101 Å². The summed E-state index contributed by atoms with van der Waals surface area (Å²) in [7, 11) is -1.11. The number of rotatable bonds is 5. The first kappa shape index (κ1) is 12.4. The predicted octanol–water partition coefficient (Wildman–Crippen LogP) is 4.32. The highest BCUT2D eigenvalue weighted by atomic mass is 35.7. The third-order valence-electron chi connectivity index (χ3n) is 2.07. The van der Waals surface area contributed by atoms with E-state index >= 15 is 0 Å². The molecular weight excluding hydrogens is 255 g/mol. The number of benzene rings is 1. The number of aryl methyl sites for hydroxylation is 1. The first-order chi connectivity index (χ1) is 6.74. The summed E-state index contributed by atoms with van der Waals surface area (Å²) in [5, 5.41) is 0. The van der Waals surface area contributed by atoms with Crippen LogP contribution in [-0.4, -0.2) is 7.42 Å². The van der Waals surface area contributed by atoms with Crippen molar-refractivity contribution in [1.29, 1.82) is 0 Å². The highest BCUT2D eigenvalue weighted by molar-refractivity contribution is 7.33. The Balaban J connectivity index is 2.49. The van der Waals surface area contributed by atoms with E-state index in [0.29, 0.717) is 5.88 Å². The standard InChI is InChI=1S/C10H12Cl3Si/c11-8-10-5-2-1-4-9(10)6-3-7-14(12)13/h1-2,4-5H,3,6-8H2. The van der Waals surface area contributed by atoms with Gasteiger partial charge >= 0.3 is 0 Å². The molecule has 0 saturated carbocycles. The van der Waals surface area contributed by atoms with Crippen molar-refractivity contribution in [3.63, 3.8) is 0 Å². The Morgan fingerprint density at radius 2 is 1.71 bits per heavy atom. The average molecular weight is 267 g/mol. The second-order valence-electron chi connectivity index (χ2n) is 3.09. The zero-order valence-electron chi connectivity index (χ0n) is 7.77. The topological polar surface area (TPSA) is 0 Å². The smallest absolute Gasteiger partial charge is 0.147 e. The molecule has 0 unspecified atom stereocenters. The van der Waals surface area contributed by atoms with Crippen molar-refractivity contribution < 1.29 is 0 Å². The van der Waals surface area contributed by atoms with Gasteiger partial charge in [0.1, 0.15) is 0 Å². The van der Waals surface area contributed by atoms with E-state index in [4.69, 9.17) is 33.8 Å². The van der Waals surface area contributed by atoms with Crippen molar-refractivity contribution >= 4 is 41.2 Å². The molecule has 4 heteroatoms. The quantitative estimate of drug-likeness (QED) is 0.423. The minimum Gasteiger partial charge on any atom is -0.147 e. The lowest BCUT2D eigenvalue weighted by Crippen LogP contribution is -1.96. The van der Waals surface area contributed by atoms with Crippen LogP contribution < -0.4 is 0 Å². The molecule has 1 rings (SSSR count). The molecule has 0 saturated heterocycles. The van der Waals surface area contributed by atoms with Crippen LogP contribution in [0.1, 0.15) is 17.5 Å². The fraction of sp³-hybridized carbons (Fsp3) is 0.400. The Bertz CT molecular complexity index is 276. The Hall–Kier alpha value is 0.307. The zero-order chi connectivity index (χ0) is 10.4. The van der Waals surface area contributed by atoms with Gasteiger partial charge in [0.25, 0.3) is 7.42 Å². The fourth-order valence-electron chi connectivity index (χ4n) is 1.34. The summed E-state index contributed by atoms with van der Waals surface area (Å²) >= 11 is 17.3. The summed E-state index contributed by atoms with van der Waals surface area (Å²) in [6, 6.07) is 9.17. The number of hydrogen-bond donors (Lipinski definition) is 0. The maximum Gasteiger partial charge on any atom is 0.273 e. The first-order valence-electron chi connectivity index (χ1n) is 4.53. The summed E-state index contributed by atoms with van der Waals surface area (Å²) in [6.07, 6.45) is 2.08. The number of halogens is 3. The average Bonchev–Trinajstić information content (AvgIpc) is 2.18. The molecule has 0 bridgehead atoms. The van der Waals surface area contributed by atoms with Gasteiger partial charge in [-0.25, -0.2) is 0 Å². The summed E-state index contributed by atoms with van der Waals surface area (Å²) in [5.74, 6) is 0.579. The van der Waals surface area contributed by atoms with Crippen molar-refractivity contribution in [2.24, 2.45) is 0 Å². The van der Waals surface area contributed by atoms with E-state index in [0.717, 1.165) is 18.9 Å². The molecule has 0 aliphatic carbocycles. The summed E-state index contributed by atoms with van der Waals surface area (Å²) < 4.78 is 0. The molecule has 0 nitrogen and oxygen atoms in total. The van der Waals surface area contributed by atoms with Crippen molar-refractivity contribution in [2.75, 3.05) is 0 Å². The molecule has 0 spiro atoms. The lowest BCUT2D eigenvalue weighted by atomic mass is 10.0. The lowest BCUT2D eigenvalue weighted by Gasteiger charge is -2.06. The van der Waals surface area contributed by atoms with Gasteiger partial charge in [0.2, 0.25) is 0 Å². The van der Waals surface area contributed by atoms with Crippen molar-refractivity contribution in [1.82, 2.24) is 0 Å². The van der Waals surface area contributed by atoms with Gasteiger partial charge in [-0.2, -0.15) is 0 Å². The highest BCUT2D eigenvalue weighted by Crippen LogP contribution is 2.16. The fourth-order valence-corrected chi connectivity index (χ4v) is 2.85. The highest BCUT2D eigenvalue weighted by Gasteiger charge is 2.04. The number of alkyl halides is 1. The van der Waals surface area contributed by atoms with Crippen LogP contribution in [0.4, 0.5) is 0 Å². The summed E-state index contributed by atoms with van der Waals surface area (Å²) in [5.41, 5.74) is 2.53. The van der Waals surface area contributed by atoms with Crippen LogP contribution in [0.15, 0.2) is 24.3 Å². The van der Waals surface area contributed by atoms with E-state index in [1.54, 1.807) is 0 Å². The summed E-state index contributed by atoms with van der Waals surface area (Å²) in [4.78, 5) is 0. The van der Waals surface area contributed by atoms with Gasteiger partial charge in [-0.15, -0.1) is 33.8 Å². The van der Waals surface area contributed by atoms with Crippen LogP contribution in [0.25, 0.3) is 0 Å². The molecule has 1 aromatic carbocycles. The van der Waals surface area contributed by atoms with Gasteiger partial charge in [0, 0.05) is 5.88 Å². The van der Waals surface area contributed by atoms with Crippen LogP contribution in [0.2, 0.25) is 6.04 Å². The van der Waals surface area contributed by atoms with Crippen molar-refractivity contribution in [2.45, 2.75) is 24.8 Å². The van der Waals surface area contributed by atoms with Gasteiger partial charge in [0.15, 0.2) is 0 Å². The molecule has 0 aliphatic rings. The molecule has 14 heavy (non-hydrogen) atoms. The molecule has 0 amide bonds. The largest absolute Gasteiger partial charge is 0.273 e. The molecule has 1 radical (unpaired) electrons. The van der Waals surface area contributed by atoms with Crippen LogP contribution in [0.3, 0.4) is 0 Å². The van der Waals surface area contributed by atoms with E-state index in [1.165, 1.54) is 11.1 Å². The normalized spacial score (nSPS) is 10.9. The van der Waals surface area contributed by atoms with Crippen molar-refractivity contribution in [3.8, 4) is 0 Å². The molecule has 0 N–H and O–H groups in total. The summed E-state index contributed by atoms with van der Waals surface area (Å²) in [6.45, 7) is 0. The molecule has 0 aliphatic heterocycles. The van der Waals surface area contributed by atoms with Crippen LogP contribution in [0.5, 0.6) is 0 Å². The Morgan fingerprint density at radius 3 is 2.29 bits per heavy atom. The lowest BCUT2D eigenvalue weighted by molar-refractivity contribution is 0.906. The van der Waals surface area contributed by atoms with E-state index < -0.39 is 7.42 Å². The van der Waals surface area contributed by atoms with E-state index in [1.807, 2.05) is 12.1 Å². The molecule has 0 heterocycles. The maximum absolute atomic E-state index is 5.83. The predicted molar refractivity (Wildman–Crippen MR) is 66.6 cm³/mol. The second kappa shape index (κ2) is 6.73. The third kappa shape index (κ3) is 4.22. The second-order valence-corrected chi connectivity index (χ2v) is 7.86. The first-order valence-corrected chi connectivity index (χ1v) is 8.80. The van der Waals surface area contributed by atoms with Crippen LogP contribution >= 0.6 is 33.8 Å². The van der Waals surface area contributed by atoms with E-state index in [2.05, 4.69) is 12.1 Å².